The van der Waals surface area contributed by atoms with Crippen LogP contribution in [-0.4, -0.2) is 60.6 Å². The largest absolute Gasteiger partial charge is 0.481 e. The van der Waals surface area contributed by atoms with Crippen molar-refractivity contribution in [1.29, 1.82) is 0 Å². The van der Waals surface area contributed by atoms with Crippen molar-refractivity contribution < 1.29 is 9.90 Å². The van der Waals surface area contributed by atoms with Crippen LogP contribution in [0.5, 0.6) is 0 Å². The van der Waals surface area contributed by atoms with E-state index in [1.54, 1.807) is 0 Å². The molecule has 0 saturated carbocycles. The molecule has 100 valence electrons. The highest BCUT2D eigenvalue weighted by molar-refractivity contribution is 5.67. The topological polar surface area (TPSA) is 43.8 Å². The average Bonchev–Trinajstić information content (AvgIpc) is 2.18. The molecule has 1 aliphatic rings. The maximum absolute atomic E-state index is 10.9. The van der Waals surface area contributed by atoms with Crippen molar-refractivity contribution in [1.82, 2.24) is 9.80 Å². The number of carbonyl (C=O) groups is 1. The molecule has 0 bridgehead atoms. The number of hydrogen-bond acceptors (Lipinski definition) is 3. The molecule has 0 aromatic carbocycles. The molecule has 0 spiro atoms. The zero-order chi connectivity index (χ0) is 13.1. The second-order valence-corrected chi connectivity index (χ2v) is 6.26. The molecule has 4 nitrogen and oxygen atoms in total. The maximum Gasteiger partial charge on any atom is 0.303 e. The van der Waals surface area contributed by atoms with Gasteiger partial charge in [0.1, 0.15) is 0 Å². The molecular formula is C13H26N2O2. The van der Waals surface area contributed by atoms with Gasteiger partial charge in [0.15, 0.2) is 0 Å². The number of piperazine rings is 1. The number of carboxylic acids is 1. The quantitative estimate of drug-likeness (QED) is 0.808. The van der Waals surface area contributed by atoms with E-state index in [0.717, 1.165) is 32.7 Å². The van der Waals surface area contributed by atoms with Gasteiger partial charge in [-0.3, -0.25) is 4.79 Å². The van der Waals surface area contributed by atoms with Gasteiger partial charge in [-0.25, -0.2) is 0 Å². The van der Waals surface area contributed by atoms with Crippen molar-refractivity contribution in [3.8, 4) is 0 Å². The number of nitrogens with zero attached hydrogens (tertiary/aromatic N) is 2. The maximum atomic E-state index is 10.9. The molecule has 1 N–H and O–H groups in total. The lowest BCUT2D eigenvalue weighted by Gasteiger charge is -2.38. The minimum absolute atomic E-state index is 0.0573. The summed E-state index contributed by atoms with van der Waals surface area (Å²) in [4.78, 5) is 15.6. The smallest absolute Gasteiger partial charge is 0.303 e. The van der Waals surface area contributed by atoms with Crippen molar-refractivity contribution in [2.45, 2.75) is 27.2 Å². The molecule has 17 heavy (non-hydrogen) atoms. The second-order valence-electron chi connectivity index (χ2n) is 6.26. The van der Waals surface area contributed by atoms with Gasteiger partial charge < -0.3 is 14.9 Å². The summed E-state index contributed by atoms with van der Waals surface area (Å²) >= 11 is 0. The number of hydrogen-bond donors (Lipinski definition) is 1. The van der Waals surface area contributed by atoms with E-state index in [1.165, 1.54) is 0 Å². The SMILES string of the molecule is CN1CCN(CC(CC(=O)O)C(C)(C)C)CC1. The summed E-state index contributed by atoms with van der Waals surface area (Å²) in [6.07, 6.45) is 0.274. The van der Waals surface area contributed by atoms with Crippen LogP contribution in [0, 0.1) is 11.3 Å². The lowest BCUT2D eigenvalue weighted by molar-refractivity contribution is -0.139. The van der Waals surface area contributed by atoms with E-state index in [-0.39, 0.29) is 17.8 Å². The fourth-order valence-corrected chi connectivity index (χ4v) is 2.20. The van der Waals surface area contributed by atoms with Crippen LogP contribution >= 0.6 is 0 Å². The van der Waals surface area contributed by atoms with Crippen LogP contribution < -0.4 is 0 Å². The number of carboxylic acid groups (broad SMARTS) is 1. The third-order valence-corrected chi connectivity index (χ3v) is 3.72. The fourth-order valence-electron chi connectivity index (χ4n) is 2.20. The molecule has 1 heterocycles. The van der Waals surface area contributed by atoms with E-state index in [4.69, 9.17) is 5.11 Å². The van der Waals surface area contributed by atoms with E-state index in [9.17, 15) is 4.79 Å². The lowest BCUT2D eigenvalue weighted by Crippen LogP contribution is -2.47. The summed E-state index contributed by atoms with van der Waals surface area (Å²) in [6, 6.07) is 0. The van der Waals surface area contributed by atoms with Crippen LogP contribution in [-0.2, 0) is 4.79 Å². The summed E-state index contributed by atoms with van der Waals surface area (Å²) in [7, 11) is 2.13. The Labute approximate surface area is 105 Å². The van der Waals surface area contributed by atoms with Crippen LogP contribution in [0.1, 0.15) is 27.2 Å². The minimum atomic E-state index is -0.681. The highest BCUT2D eigenvalue weighted by Gasteiger charge is 2.29. The summed E-state index contributed by atoms with van der Waals surface area (Å²) in [5, 5.41) is 8.99. The average molecular weight is 242 g/mol. The van der Waals surface area contributed by atoms with Crippen LogP contribution in [0.25, 0.3) is 0 Å². The summed E-state index contributed by atoms with van der Waals surface area (Å²) in [5.74, 6) is -0.456. The lowest BCUT2D eigenvalue weighted by atomic mass is 9.78. The first-order valence-electron chi connectivity index (χ1n) is 6.41. The van der Waals surface area contributed by atoms with Gasteiger partial charge in [-0.1, -0.05) is 20.8 Å². The van der Waals surface area contributed by atoms with Gasteiger partial charge in [-0.05, 0) is 18.4 Å². The first-order valence-corrected chi connectivity index (χ1v) is 6.41. The zero-order valence-corrected chi connectivity index (χ0v) is 11.6. The van der Waals surface area contributed by atoms with Gasteiger partial charge in [0.25, 0.3) is 0 Å². The van der Waals surface area contributed by atoms with Crippen LogP contribution in [0.15, 0.2) is 0 Å². The molecule has 0 amide bonds. The van der Waals surface area contributed by atoms with Crippen LogP contribution in [0.3, 0.4) is 0 Å². The van der Waals surface area contributed by atoms with Crippen molar-refractivity contribution in [3.63, 3.8) is 0 Å². The number of rotatable bonds is 4. The molecule has 1 rings (SSSR count). The predicted molar refractivity (Wildman–Crippen MR) is 69.1 cm³/mol. The van der Waals surface area contributed by atoms with Crippen molar-refractivity contribution in [2.24, 2.45) is 11.3 Å². The Balaban J connectivity index is 2.51. The molecule has 1 aliphatic heterocycles. The van der Waals surface area contributed by atoms with Crippen molar-refractivity contribution >= 4 is 5.97 Å². The summed E-state index contributed by atoms with van der Waals surface area (Å²) in [5.41, 5.74) is 0.0573. The van der Waals surface area contributed by atoms with Gasteiger partial charge in [0.2, 0.25) is 0 Å². The molecule has 0 aromatic heterocycles. The molecule has 0 aliphatic carbocycles. The molecule has 0 aromatic rings. The highest BCUT2D eigenvalue weighted by atomic mass is 16.4. The first-order chi connectivity index (χ1) is 7.79. The van der Waals surface area contributed by atoms with E-state index in [0.29, 0.717) is 0 Å². The number of aliphatic carboxylic acids is 1. The van der Waals surface area contributed by atoms with Crippen molar-refractivity contribution in [3.05, 3.63) is 0 Å². The van der Waals surface area contributed by atoms with Crippen molar-refractivity contribution in [2.75, 3.05) is 39.8 Å². The first kappa shape index (κ1) is 14.5. The summed E-state index contributed by atoms with van der Waals surface area (Å²) in [6.45, 7) is 11.6. The molecule has 4 heteroatoms. The number of likely N-dealkylation sites (N-methyl/N-ethyl adjacent to an activating group) is 1. The van der Waals surface area contributed by atoms with E-state index < -0.39 is 5.97 Å². The normalized spacial score (nSPS) is 21.4. The van der Waals surface area contributed by atoms with Crippen LogP contribution in [0.2, 0.25) is 0 Å². The van der Waals surface area contributed by atoms with Crippen LogP contribution in [0.4, 0.5) is 0 Å². The van der Waals surface area contributed by atoms with Gasteiger partial charge in [-0.15, -0.1) is 0 Å². The molecule has 1 atom stereocenters. The van der Waals surface area contributed by atoms with E-state index in [2.05, 4.69) is 37.6 Å². The highest BCUT2D eigenvalue weighted by Crippen LogP contribution is 2.29. The molecule has 1 unspecified atom stereocenters. The van der Waals surface area contributed by atoms with Gasteiger partial charge in [-0.2, -0.15) is 0 Å². The Morgan fingerprint density at radius 3 is 2.18 bits per heavy atom. The monoisotopic (exact) mass is 242 g/mol. The zero-order valence-electron chi connectivity index (χ0n) is 11.6. The minimum Gasteiger partial charge on any atom is -0.481 e. The Morgan fingerprint density at radius 1 is 1.24 bits per heavy atom. The second kappa shape index (κ2) is 5.83. The van der Waals surface area contributed by atoms with E-state index >= 15 is 0 Å². The Hall–Kier alpha value is -0.610. The molecule has 1 saturated heterocycles. The summed E-state index contributed by atoms with van der Waals surface area (Å²) < 4.78 is 0. The molecule has 1 fully saturated rings. The van der Waals surface area contributed by atoms with E-state index in [1.807, 2.05) is 0 Å². The van der Waals surface area contributed by atoms with Gasteiger partial charge >= 0.3 is 5.97 Å². The standard InChI is InChI=1S/C13H26N2O2/c1-13(2,3)11(9-12(16)17)10-15-7-5-14(4)6-8-15/h11H,5-10H2,1-4H3,(H,16,17). The Morgan fingerprint density at radius 2 is 1.76 bits per heavy atom. The molecule has 0 radical (unpaired) electrons. The Bertz CT molecular complexity index is 253. The fraction of sp³-hybridized carbons (Fsp3) is 0.923. The van der Waals surface area contributed by atoms with Gasteiger partial charge in [0, 0.05) is 39.1 Å². The molecular weight excluding hydrogens is 216 g/mol. The Kier molecular flexibility index (Phi) is 4.95. The third kappa shape index (κ3) is 5.04. The third-order valence-electron chi connectivity index (χ3n) is 3.72. The predicted octanol–water partition coefficient (Wildman–Crippen LogP) is 1.37. The van der Waals surface area contributed by atoms with Gasteiger partial charge in [0.05, 0.1) is 0 Å².